The zero-order valence-corrected chi connectivity index (χ0v) is 11.9. The Kier molecular flexibility index (Phi) is 8.75. The fourth-order valence-corrected chi connectivity index (χ4v) is 1.19. The van der Waals surface area contributed by atoms with Crippen LogP contribution in [0.3, 0.4) is 0 Å². The van der Waals surface area contributed by atoms with Gasteiger partial charge in [0.15, 0.2) is 0 Å². The van der Waals surface area contributed by atoms with Crippen molar-refractivity contribution in [3.05, 3.63) is 0 Å². The number of hydrogen-bond donors (Lipinski definition) is 2. The molecule has 18 heavy (non-hydrogen) atoms. The summed E-state index contributed by atoms with van der Waals surface area (Å²) in [6.45, 7) is 5.31. The molecule has 2 unspecified atom stereocenters. The normalized spacial score (nSPS) is 14.1. The Morgan fingerprint density at radius 2 is 1.94 bits per heavy atom. The third-order valence-corrected chi connectivity index (χ3v) is 2.47. The molecular weight excluding hydrogens is 258 g/mol. The lowest BCUT2D eigenvalue weighted by atomic mass is 10.1. The number of carbonyl (C=O) groups is 2. The van der Waals surface area contributed by atoms with Crippen LogP contribution in [0.2, 0.25) is 0 Å². The lowest BCUT2D eigenvalue weighted by Gasteiger charge is -2.17. The Hall–Kier alpha value is -0.810. The van der Waals surface area contributed by atoms with Crippen LogP contribution >= 0.6 is 11.6 Å². The van der Waals surface area contributed by atoms with E-state index in [9.17, 15) is 9.59 Å². The highest BCUT2D eigenvalue weighted by molar-refractivity contribution is 6.29. The van der Waals surface area contributed by atoms with E-state index in [1.54, 1.807) is 0 Å². The van der Waals surface area contributed by atoms with Crippen molar-refractivity contribution >= 4 is 23.5 Å². The molecule has 0 bridgehead atoms. The molecule has 0 aliphatic heterocycles. The summed E-state index contributed by atoms with van der Waals surface area (Å²) in [6.07, 6.45) is 0.478. The number of hydrogen-bond acceptors (Lipinski definition) is 4. The Labute approximate surface area is 113 Å². The van der Waals surface area contributed by atoms with Crippen LogP contribution in [-0.4, -0.2) is 41.6 Å². The van der Waals surface area contributed by atoms with Crippen LogP contribution in [-0.2, 0) is 14.3 Å². The van der Waals surface area contributed by atoms with E-state index in [-0.39, 0.29) is 19.1 Å². The van der Waals surface area contributed by atoms with Crippen molar-refractivity contribution in [3.8, 4) is 0 Å². The lowest BCUT2D eigenvalue weighted by molar-refractivity contribution is -0.150. The largest absolute Gasteiger partial charge is 0.457 e. The second kappa shape index (κ2) is 9.16. The van der Waals surface area contributed by atoms with E-state index >= 15 is 0 Å². The Balaban J connectivity index is 3.93. The van der Waals surface area contributed by atoms with Crippen LogP contribution < -0.4 is 5.32 Å². The molecule has 0 spiro atoms. The molecule has 0 rings (SSSR count). The molecule has 0 aromatic heterocycles. The van der Waals surface area contributed by atoms with Gasteiger partial charge in [-0.2, -0.15) is 0 Å². The maximum absolute atomic E-state index is 11.4. The zero-order valence-electron chi connectivity index (χ0n) is 11.1. The van der Waals surface area contributed by atoms with Crippen molar-refractivity contribution in [1.29, 1.82) is 0 Å². The molecular formula is C12H22ClNO4. The minimum absolute atomic E-state index is 0.1000. The summed E-state index contributed by atoms with van der Waals surface area (Å²) in [5.41, 5.74) is 0. The summed E-state index contributed by atoms with van der Waals surface area (Å²) in [7, 11) is 0. The second-order valence-corrected chi connectivity index (χ2v) is 5.25. The van der Waals surface area contributed by atoms with E-state index in [0.29, 0.717) is 12.3 Å². The Morgan fingerprint density at radius 3 is 2.39 bits per heavy atom. The van der Waals surface area contributed by atoms with Crippen molar-refractivity contribution in [2.45, 2.75) is 45.1 Å². The second-order valence-electron chi connectivity index (χ2n) is 4.59. The number of halogens is 1. The molecule has 1 amide bonds. The lowest BCUT2D eigenvalue weighted by Crippen LogP contribution is -2.38. The molecule has 0 aromatic rings. The van der Waals surface area contributed by atoms with Crippen LogP contribution in [0, 0.1) is 5.92 Å². The highest BCUT2D eigenvalue weighted by Crippen LogP contribution is 2.03. The minimum atomic E-state index is -0.768. The predicted molar refractivity (Wildman–Crippen MR) is 69.4 cm³/mol. The molecule has 106 valence electrons. The van der Waals surface area contributed by atoms with Crippen molar-refractivity contribution in [1.82, 2.24) is 5.32 Å². The average Bonchev–Trinajstić information content (AvgIpc) is 2.31. The number of carbonyl (C=O) groups excluding carboxylic acids is 2. The predicted octanol–water partition coefficient (Wildman–Crippen LogP) is 1.07. The van der Waals surface area contributed by atoms with Crippen LogP contribution in [0.1, 0.15) is 33.6 Å². The number of amides is 1. The third-order valence-electron chi connectivity index (χ3n) is 2.29. The molecule has 0 aliphatic carbocycles. The zero-order chi connectivity index (χ0) is 14.1. The topological polar surface area (TPSA) is 75.6 Å². The molecule has 0 saturated carbocycles. The van der Waals surface area contributed by atoms with E-state index in [1.165, 1.54) is 6.92 Å². The standard InChI is InChI=1S/C12H22ClNO4/c1-8(2)4-5-11(16)14-6-10(7-15)18-12(17)9(3)13/h8-10,15H,4-7H2,1-3H3,(H,14,16). The van der Waals surface area contributed by atoms with Gasteiger partial charge in [0, 0.05) is 6.42 Å². The van der Waals surface area contributed by atoms with Crippen molar-refractivity contribution in [2.75, 3.05) is 13.2 Å². The van der Waals surface area contributed by atoms with Gasteiger partial charge in [0.1, 0.15) is 11.5 Å². The first-order chi connectivity index (χ1) is 8.36. The highest BCUT2D eigenvalue weighted by atomic mass is 35.5. The van der Waals surface area contributed by atoms with Crippen LogP contribution in [0.15, 0.2) is 0 Å². The van der Waals surface area contributed by atoms with Crippen molar-refractivity contribution < 1.29 is 19.4 Å². The SMILES string of the molecule is CC(C)CCC(=O)NCC(CO)OC(=O)C(C)Cl. The fourth-order valence-electron chi connectivity index (χ4n) is 1.14. The van der Waals surface area contributed by atoms with Gasteiger partial charge in [0.05, 0.1) is 13.2 Å². The number of ether oxygens (including phenoxy) is 1. The quantitative estimate of drug-likeness (QED) is 0.515. The van der Waals surface area contributed by atoms with E-state index in [4.69, 9.17) is 21.4 Å². The fraction of sp³-hybridized carbons (Fsp3) is 0.833. The summed E-state index contributed by atoms with van der Waals surface area (Å²) >= 11 is 5.53. The van der Waals surface area contributed by atoms with Crippen LogP contribution in [0.4, 0.5) is 0 Å². The maximum Gasteiger partial charge on any atom is 0.324 e. The first kappa shape index (κ1) is 17.2. The smallest absolute Gasteiger partial charge is 0.324 e. The minimum Gasteiger partial charge on any atom is -0.457 e. The molecule has 0 fully saturated rings. The van der Waals surface area contributed by atoms with Gasteiger partial charge in [0.25, 0.3) is 0 Å². The molecule has 2 N–H and O–H groups in total. The molecule has 6 heteroatoms. The van der Waals surface area contributed by atoms with Gasteiger partial charge in [-0.05, 0) is 19.3 Å². The summed E-state index contributed by atoms with van der Waals surface area (Å²) in [5, 5.41) is 10.9. The maximum atomic E-state index is 11.4. The average molecular weight is 280 g/mol. The number of rotatable bonds is 8. The van der Waals surface area contributed by atoms with E-state index in [1.807, 2.05) is 13.8 Å². The number of aliphatic hydroxyl groups excluding tert-OH is 1. The van der Waals surface area contributed by atoms with Crippen LogP contribution in [0.25, 0.3) is 0 Å². The van der Waals surface area contributed by atoms with Crippen molar-refractivity contribution in [2.24, 2.45) is 5.92 Å². The van der Waals surface area contributed by atoms with Gasteiger partial charge >= 0.3 is 5.97 Å². The summed E-state index contributed by atoms with van der Waals surface area (Å²) in [5.74, 6) is -0.261. The van der Waals surface area contributed by atoms with Gasteiger partial charge in [-0.1, -0.05) is 13.8 Å². The van der Waals surface area contributed by atoms with Crippen molar-refractivity contribution in [3.63, 3.8) is 0 Å². The number of nitrogens with one attached hydrogen (secondary N) is 1. The molecule has 0 saturated heterocycles. The first-order valence-electron chi connectivity index (χ1n) is 6.09. The molecule has 5 nitrogen and oxygen atoms in total. The molecule has 0 radical (unpaired) electrons. The summed E-state index contributed by atoms with van der Waals surface area (Å²) in [4.78, 5) is 22.6. The van der Waals surface area contributed by atoms with Gasteiger partial charge in [-0.25, -0.2) is 0 Å². The summed E-state index contributed by atoms with van der Waals surface area (Å²) < 4.78 is 4.90. The molecule has 0 heterocycles. The van der Waals surface area contributed by atoms with E-state index in [0.717, 1.165) is 6.42 Å². The number of esters is 1. The Morgan fingerprint density at radius 1 is 1.33 bits per heavy atom. The van der Waals surface area contributed by atoms with E-state index in [2.05, 4.69) is 5.32 Å². The van der Waals surface area contributed by atoms with Crippen LogP contribution in [0.5, 0.6) is 0 Å². The van der Waals surface area contributed by atoms with E-state index < -0.39 is 17.5 Å². The Bertz CT molecular complexity index is 269. The molecule has 0 aromatic carbocycles. The van der Waals surface area contributed by atoms with Gasteiger partial charge in [0.2, 0.25) is 5.91 Å². The monoisotopic (exact) mass is 279 g/mol. The molecule has 0 aliphatic rings. The number of aliphatic hydroxyl groups is 1. The highest BCUT2D eigenvalue weighted by Gasteiger charge is 2.18. The van der Waals surface area contributed by atoms with Gasteiger partial charge in [-0.15, -0.1) is 11.6 Å². The summed E-state index contributed by atoms with van der Waals surface area (Å²) in [6, 6.07) is 0. The third kappa shape index (κ3) is 8.31. The van der Waals surface area contributed by atoms with Gasteiger partial charge < -0.3 is 15.2 Å². The molecule has 2 atom stereocenters. The first-order valence-corrected chi connectivity index (χ1v) is 6.52. The van der Waals surface area contributed by atoms with Gasteiger partial charge in [-0.3, -0.25) is 9.59 Å². The number of alkyl halides is 1.